The van der Waals surface area contributed by atoms with E-state index in [0.29, 0.717) is 4.47 Å². The summed E-state index contributed by atoms with van der Waals surface area (Å²) in [6.45, 7) is 5.15. The monoisotopic (exact) mass is 300 g/mol. The highest BCUT2D eigenvalue weighted by molar-refractivity contribution is 9.10. The maximum Gasteiger partial charge on any atom is 0.514 e. The van der Waals surface area contributed by atoms with Gasteiger partial charge < -0.3 is 9.47 Å². The molecule has 17 heavy (non-hydrogen) atoms. The molecule has 4 nitrogen and oxygen atoms in total. The van der Waals surface area contributed by atoms with Gasteiger partial charge in [0.15, 0.2) is 5.75 Å². The Hall–Kier alpha value is -1.36. The van der Waals surface area contributed by atoms with E-state index >= 15 is 0 Å². The average Bonchev–Trinajstić information content (AvgIpc) is 2.30. The predicted molar refractivity (Wildman–Crippen MR) is 67.3 cm³/mol. The summed E-state index contributed by atoms with van der Waals surface area (Å²) < 4.78 is 10.1. The first-order valence-corrected chi connectivity index (χ1v) is 5.78. The maximum atomic E-state index is 11.7. The molecule has 0 unspecified atom stereocenters. The van der Waals surface area contributed by atoms with Crippen LogP contribution in [0.4, 0.5) is 4.79 Å². The molecule has 0 radical (unpaired) electrons. The van der Waals surface area contributed by atoms with Gasteiger partial charge in [0.05, 0.1) is 4.47 Å². The first-order chi connectivity index (χ1) is 7.79. The van der Waals surface area contributed by atoms with Crippen LogP contribution in [0.1, 0.15) is 20.8 Å². The Labute approximate surface area is 108 Å². The third-order valence-electron chi connectivity index (χ3n) is 1.62. The van der Waals surface area contributed by atoms with Crippen LogP contribution in [0.3, 0.4) is 0 Å². The minimum Gasteiger partial charge on any atom is -0.428 e. The van der Waals surface area contributed by atoms with Gasteiger partial charge in [0.25, 0.3) is 0 Å². The normalized spacial score (nSPS) is 10.8. The van der Waals surface area contributed by atoms with Gasteiger partial charge in [0.1, 0.15) is 5.60 Å². The van der Waals surface area contributed by atoms with Crippen LogP contribution in [-0.2, 0) is 4.74 Å². The average molecular weight is 301 g/mol. The molecule has 0 fully saturated rings. The molecular formula is C12H13BrO4. The third-order valence-corrected chi connectivity index (χ3v) is 2.25. The van der Waals surface area contributed by atoms with Gasteiger partial charge >= 0.3 is 6.16 Å². The number of ether oxygens (including phenoxy) is 2. The lowest BCUT2D eigenvalue weighted by Crippen LogP contribution is -2.27. The molecule has 0 heterocycles. The molecule has 92 valence electrons. The fourth-order valence-corrected chi connectivity index (χ4v) is 1.34. The van der Waals surface area contributed by atoms with Crippen molar-refractivity contribution < 1.29 is 14.3 Å². The quantitative estimate of drug-likeness (QED) is 0.748. The zero-order valence-electron chi connectivity index (χ0n) is 9.82. The Kier molecular flexibility index (Phi) is 4.28. The Morgan fingerprint density at radius 1 is 1.24 bits per heavy atom. The number of halogens is 1. The van der Waals surface area contributed by atoms with Crippen LogP contribution in [0.5, 0.6) is 5.75 Å². The fraction of sp³-hybridized carbons (Fsp3) is 0.333. The zero-order valence-corrected chi connectivity index (χ0v) is 11.4. The van der Waals surface area contributed by atoms with Crippen molar-refractivity contribution in [1.29, 1.82) is 0 Å². The number of hydrogen-bond donors (Lipinski definition) is 0. The highest BCUT2D eigenvalue weighted by atomic mass is 79.9. The second kappa shape index (κ2) is 5.31. The molecule has 0 aliphatic rings. The summed E-state index contributed by atoms with van der Waals surface area (Å²) in [5, 5.41) is 0. The van der Waals surface area contributed by atoms with Crippen LogP contribution in [0.2, 0.25) is 0 Å². The first-order valence-electron chi connectivity index (χ1n) is 4.99. The molecular weight excluding hydrogens is 288 g/mol. The third kappa shape index (κ3) is 4.56. The van der Waals surface area contributed by atoms with E-state index in [1.807, 2.05) is 0 Å². The standard InChI is InChI=1S/C12H13BrO4/c1-12(2,3)17-11(15)16-9-7-5-4-6-8(13)10(9)14/h4-7H,1-3H3. The van der Waals surface area contributed by atoms with Crippen LogP contribution in [0, 0.1) is 0 Å². The van der Waals surface area contributed by atoms with Gasteiger partial charge in [-0.3, -0.25) is 4.79 Å². The minimum atomic E-state index is -0.896. The summed E-state index contributed by atoms with van der Waals surface area (Å²) in [5.41, 5.74) is -1.06. The van der Waals surface area contributed by atoms with Crippen LogP contribution in [-0.4, -0.2) is 11.8 Å². The van der Waals surface area contributed by atoms with E-state index in [2.05, 4.69) is 15.9 Å². The molecule has 0 aliphatic carbocycles. The van der Waals surface area contributed by atoms with Gasteiger partial charge in [0.2, 0.25) is 5.43 Å². The molecule has 1 aromatic carbocycles. The van der Waals surface area contributed by atoms with Crippen LogP contribution in [0.15, 0.2) is 33.5 Å². The summed E-state index contributed by atoms with van der Waals surface area (Å²) in [7, 11) is 0. The Morgan fingerprint density at radius 2 is 1.82 bits per heavy atom. The summed E-state index contributed by atoms with van der Waals surface area (Å²) in [5.74, 6) is -0.0730. The lowest BCUT2D eigenvalue weighted by atomic mass is 10.2. The van der Waals surface area contributed by atoms with E-state index in [4.69, 9.17) is 9.47 Å². The molecule has 0 saturated carbocycles. The lowest BCUT2D eigenvalue weighted by molar-refractivity contribution is 0.0204. The van der Waals surface area contributed by atoms with Crippen molar-refractivity contribution in [2.45, 2.75) is 26.4 Å². The van der Waals surface area contributed by atoms with Crippen LogP contribution in [0.25, 0.3) is 0 Å². The van der Waals surface area contributed by atoms with Gasteiger partial charge in [-0.15, -0.1) is 0 Å². The molecule has 0 aromatic heterocycles. The molecule has 1 aromatic rings. The fourth-order valence-electron chi connectivity index (χ4n) is 0.993. The van der Waals surface area contributed by atoms with Crippen LogP contribution < -0.4 is 10.2 Å². The predicted octanol–water partition coefficient (Wildman–Crippen LogP) is 3.12. The highest BCUT2D eigenvalue weighted by Crippen LogP contribution is 2.12. The van der Waals surface area contributed by atoms with E-state index in [0.717, 1.165) is 0 Å². The summed E-state index contributed by atoms with van der Waals surface area (Å²) in [6.07, 6.45) is -0.896. The molecule has 0 aliphatic heterocycles. The van der Waals surface area contributed by atoms with E-state index in [1.165, 1.54) is 6.07 Å². The van der Waals surface area contributed by atoms with Gasteiger partial charge in [-0.2, -0.15) is 0 Å². The number of carbonyl (C=O) groups excluding carboxylic acids is 1. The highest BCUT2D eigenvalue weighted by Gasteiger charge is 2.19. The van der Waals surface area contributed by atoms with E-state index in [-0.39, 0.29) is 5.75 Å². The van der Waals surface area contributed by atoms with Gasteiger partial charge in [-0.25, -0.2) is 4.79 Å². The van der Waals surface area contributed by atoms with Crippen molar-refractivity contribution in [1.82, 2.24) is 0 Å². The summed E-state index contributed by atoms with van der Waals surface area (Å²) >= 11 is 3.08. The lowest BCUT2D eigenvalue weighted by Gasteiger charge is -2.18. The second-order valence-corrected chi connectivity index (χ2v) is 5.18. The zero-order chi connectivity index (χ0) is 13.1. The smallest absolute Gasteiger partial charge is 0.428 e. The molecule has 0 saturated heterocycles. The van der Waals surface area contributed by atoms with E-state index < -0.39 is 17.2 Å². The molecule has 0 bridgehead atoms. The second-order valence-electron chi connectivity index (χ2n) is 4.33. The molecule has 0 amide bonds. The molecule has 0 N–H and O–H groups in total. The summed E-state index contributed by atoms with van der Waals surface area (Å²) in [6, 6.07) is 6.25. The SMILES string of the molecule is CC(C)(C)OC(=O)Oc1ccccc(Br)c1=O. The number of rotatable bonds is 1. The number of hydrogen-bond acceptors (Lipinski definition) is 4. The van der Waals surface area contributed by atoms with Crippen molar-refractivity contribution in [2.75, 3.05) is 0 Å². The van der Waals surface area contributed by atoms with Crippen LogP contribution >= 0.6 is 15.9 Å². The largest absolute Gasteiger partial charge is 0.514 e. The molecule has 0 atom stereocenters. The van der Waals surface area contributed by atoms with Gasteiger partial charge in [-0.1, -0.05) is 12.1 Å². The molecule has 1 rings (SSSR count). The van der Waals surface area contributed by atoms with Crippen molar-refractivity contribution in [3.05, 3.63) is 39.0 Å². The number of carbonyl (C=O) groups is 1. The minimum absolute atomic E-state index is 0.0730. The van der Waals surface area contributed by atoms with Gasteiger partial charge in [-0.05, 0) is 48.8 Å². The van der Waals surface area contributed by atoms with E-state index in [9.17, 15) is 9.59 Å². The van der Waals surface area contributed by atoms with Gasteiger partial charge in [0, 0.05) is 0 Å². The first kappa shape index (κ1) is 13.7. The molecule has 5 heteroatoms. The Morgan fingerprint density at radius 3 is 2.41 bits per heavy atom. The summed E-state index contributed by atoms with van der Waals surface area (Å²) in [4.78, 5) is 23.1. The van der Waals surface area contributed by atoms with Crippen molar-refractivity contribution in [3.8, 4) is 5.75 Å². The topological polar surface area (TPSA) is 52.6 Å². The van der Waals surface area contributed by atoms with Crippen molar-refractivity contribution in [2.24, 2.45) is 0 Å². The van der Waals surface area contributed by atoms with Crippen molar-refractivity contribution >= 4 is 22.1 Å². The maximum absolute atomic E-state index is 11.7. The Balaban J connectivity index is 2.91. The molecule has 0 spiro atoms. The van der Waals surface area contributed by atoms with E-state index in [1.54, 1.807) is 39.0 Å². The van der Waals surface area contributed by atoms with Crippen molar-refractivity contribution in [3.63, 3.8) is 0 Å². The Bertz CT molecular complexity index is 477.